The van der Waals surface area contributed by atoms with Gasteiger partial charge in [-0.05, 0) is 17.6 Å². The second-order valence-corrected chi connectivity index (χ2v) is 3.17. The predicted octanol–water partition coefficient (Wildman–Crippen LogP) is 0.172. The molecule has 0 fully saturated rings. The minimum atomic E-state index is -4.72. The Balaban J connectivity index is 3.37. The van der Waals surface area contributed by atoms with E-state index in [0.29, 0.717) is 6.07 Å². The Kier molecular flexibility index (Phi) is 3.79. The van der Waals surface area contributed by atoms with Gasteiger partial charge in [0.1, 0.15) is 0 Å². The van der Waals surface area contributed by atoms with E-state index < -0.39 is 30.4 Å². The number of hydrogen-bond acceptors (Lipinski definition) is 4. The van der Waals surface area contributed by atoms with Crippen LogP contribution in [0.2, 0.25) is 0 Å². The number of benzene rings is 1. The van der Waals surface area contributed by atoms with Gasteiger partial charge in [-0.1, -0.05) is 6.07 Å². The molecule has 8 heteroatoms. The van der Waals surface area contributed by atoms with Crippen molar-refractivity contribution in [2.24, 2.45) is 0 Å². The molecule has 0 unspecified atom stereocenters. The van der Waals surface area contributed by atoms with Crippen molar-refractivity contribution in [3.05, 3.63) is 29.3 Å². The molecular formula is C9H8BF3O4. The highest BCUT2D eigenvalue weighted by atomic mass is 19.4. The van der Waals surface area contributed by atoms with E-state index in [1.54, 1.807) is 0 Å². The molecule has 1 aromatic carbocycles. The summed E-state index contributed by atoms with van der Waals surface area (Å²) in [6, 6.07) is 2.21. The number of esters is 1. The molecule has 17 heavy (non-hydrogen) atoms. The Morgan fingerprint density at radius 1 is 1.35 bits per heavy atom. The summed E-state index contributed by atoms with van der Waals surface area (Å²) < 4.78 is 41.8. The minimum Gasteiger partial charge on any atom is -0.465 e. The lowest BCUT2D eigenvalue weighted by Crippen LogP contribution is -2.31. The van der Waals surface area contributed by atoms with E-state index in [1.807, 2.05) is 0 Å². The van der Waals surface area contributed by atoms with Gasteiger partial charge in [-0.2, -0.15) is 13.2 Å². The van der Waals surface area contributed by atoms with Crippen molar-refractivity contribution in [1.29, 1.82) is 0 Å². The van der Waals surface area contributed by atoms with E-state index in [9.17, 15) is 18.0 Å². The van der Waals surface area contributed by atoms with E-state index in [1.165, 1.54) is 0 Å². The average Bonchev–Trinajstić information content (AvgIpc) is 2.25. The average molecular weight is 248 g/mol. The third-order valence-electron chi connectivity index (χ3n) is 2.05. The topological polar surface area (TPSA) is 66.8 Å². The van der Waals surface area contributed by atoms with Crippen LogP contribution in [0.1, 0.15) is 15.9 Å². The molecule has 1 aromatic rings. The zero-order chi connectivity index (χ0) is 13.2. The quantitative estimate of drug-likeness (QED) is 0.578. The second-order valence-electron chi connectivity index (χ2n) is 3.17. The predicted molar refractivity (Wildman–Crippen MR) is 52.6 cm³/mol. The van der Waals surface area contributed by atoms with Crippen molar-refractivity contribution in [1.82, 2.24) is 0 Å². The van der Waals surface area contributed by atoms with Gasteiger partial charge in [0.25, 0.3) is 0 Å². The molecule has 0 saturated carbocycles. The number of methoxy groups -OCH3 is 1. The Hall–Kier alpha value is -1.54. The smallest absolute Gasteiger partial charge is 0.465 e. The maximum atomic E-state index is 12.5. The number of carbonyl (C=O) groups is 1. The molecule has 0 heterocycles. The summed E-state index contributed by atoms with van der Waals surface area (Å²) in [5, 5.41) is 17.6. The van der Waals surface area contributed by atoms with Crippen LogP contribution in [-0.2, 0) is 10.9 Å². The molecule has 0 atom stereocenters. The first kappa shape index (κ1) is 13.5. The van der Waals surface area contributed by atoms with E-state index in [-0.39, 0.29) is 5.46 Å². The van der Waals surface area contributed by atoms with Crippen LogP contribution in [0.25, 0.3) is 0 Å². The molecule has 4 nitrogen and oxygen atoms in total. The number of hydrogen-bond donors (Lipinski definition) is 2. The third kappa shape index (κ3) is 2.98. The molecule has 92 valence electrons. The Morgan fingerprint density at radius 2 is 1.94 bits per heavy atom. The fourth-order valence-corrected chi connectivity index (χ4v) is 1.25. The van der Waals surface area contributed by atoms with Crippen molar-refractivity contribution in [2.45, 2.75) is 6.18 Å². The van der Waals surface area contributed by atoms with E-state index in [2.05, 4.69) is 4.74 Å². The summed E-state index contributed by atoms with van der Waals surface area (Å²) in [6.07, 6.45) is -4.72. The fourth-order valence-electron chi connectivity index (χ4n) is 1.25. The van der Waals surface area contributed by atoms with E-state index >= 15 is 0 Å². The number of alkyl halides is 3. The molecule has 2 N–H and O–H groups in total. The van der Waals surface area contributed by atoms with Crippen LogP contribution in [0.5, 0.6) is 0 Å². The summed E-state index contributed by atoms with van der Waals surface area (Å²) in [5.74, 6) is -1.19. The minimum absolute atomic E-state index is 0.224. The SMILES string of the molecule is COC(=O)c1cc(B(O)O)ccc1C(F)(F)F. The number of halogens is 3. The maximum Gasteiger partial charge on any atom is 0.488 e. The van der Waals surface area contributed by atoms with Gasteiger partial charge in [-0.15, -0.1) is 0 Å². The fraction of sp³-hybridized carbons (Fsp3) is 0.222. The Morgan fingerprint density at radius 3 is 2.35 bits per heavy atom. The van der Waals surface area contributed by atoms with Gasteiger partial charge in [0.05, 0.1) is 18.2 Å². The summed E-state index contributed by atoms with van der Waals surface area (Å²) >= 11 is 0. The zero-order valence-electron chi connectivity index (χ0n) is 8.65. The summed E-state index contributed by atoms with van der Waals surface area (Å²) in [6.45, 7) is 0. The summed E-state index contributed by atoms with van der Waals surface area (Å²) in [4.78, 5) is 11.2. The van der Waals surface area contributed by atoms with Crippen LogP contribution in [0.3, 0.4) is 0 Å². The first-order chi connectivity index (χ1) is 7.77. The van der Waals surface area contributed by atoms with Gasteiger partial charge in [0, 0.05) is 0 Å². The molecule has 0 spiro atoms. The van der Waals surface area contributed by atoms with Crippen LogP contribution < -0.4 is 5.46 Å². The molecule has 0 aliphatic heterocycles. The Bertz CT molecular complexity index is 431. The molecular weight excluding hydrogens is 240 g/mol. The van der Waals surface area contributed by atoms with Gasteiger partial charge in [-0.3, -0.25) is 0 Å². The second kappa shape index (κ2) is 4.76. The molecule has 0 amide bonds. The molecule has 0 aliphatic carbocycles. The van der Waals surface area contributed by atoms with Gasteiger partial charge < -0.3 is 14.8 Å². The maximum absolute atomic E-state index is 12.5. The first-order valence-electron chi connectivity index (χ1n) is 4.43. The number of carbonyl (C=O) groups excluding carboxylic acids is 1. The van der Waals surface area contributed by atoms with E-state index in [0.717, 1.165) is 19.2 Å². The molecule has 0 saturated heterocycles. The number of ether oxygens (including phenoxy) is 1. The highest BCUT2D eigenvalue weighted by Crippen LogP contribution is 2.31. The van der Waals surface area contributed by atoms with Crippen LogP contribution in [0.15, 0.2) is 18.2 Å². The number of rotatable bonds is 2. The largest absolute Gasteiger partial charge is 0.488 e. The van der Waals surface area contributed by atoms with Crippen molar-refractivity contribution < 1.29 is 32.8 Å². The van der Waals surface area contributed by atoms with Crippen LogP contribution in [0.4, 0.5) is 13.2 Å². The van der Waals surface area contributed by atoms with Crippen molar-refractivity contribution >= 4 is 18.6 Å². The van der Waals surface area contributed by atoms with Crippen molar-refractivity contribution in [3.8, 4) is 0 Å². The normalized spacial score (nSPS) is 11.2. The lowest BCUT2D eigenvalue weighted by atomic mass is 9.79. The highest BCUT2D eigenvalue weighted by molar-refractivity contribution is 6.58. The molecule has 0 radical (unpaired) electrons. The van der Waals surface area contributed by atoms with E-state index in [4.69, 9.17) is 10.0 Å². The monoisotopic (exact) mass is 248 g/mol. The zero-order valence-corrected chi connectivity index (χ0v) is 8.65. The molecule has 0 bridgehead atoms. The van der Waals surface area contributed by atoms with Crippen molar-refractivity contribution in [3.63, 3.8) is 0 Å². The summed E-state index contributed by atoms with van der Waals surface area (Å²) in [7, 11) is -1.02. The van der Waals surface area contributed by atoms with Gasteiger partial charge in [-0.25, -0.2) is 4.79 Å². The molecule has 0 aromatic heterocycles. The van der Waals surface area contributed by atoms with Crippen LogP contribution >= 0.6 is 0 Å². The van der Waals surface area contributed by atoms with Gasteiger partial charge in [0.2, 0.25) is 0 Å². The standard InChI is InChI=1S/C9H8BF3O4/c1-17-8(14)6-4-5(10(15)16)2-3-7(6)9(11,12)13/h2-4,15-16H,1H3. The van der Waals surface area contributed by atoms with Gasteiger partial charge >= 0.3 is 19.3 Å². The molecule has 1 rings (SSSR count). The molecule has 0 aliphatic rings. The van der Waals surface area contributed by atoms with Crippen LogP contribution in [0, 0.1) is 0 Å². The van der Waals surface area contributed by atoms with Crippen molar-refractivity contribution in [2.75, 3.05) is 7.11 Å². The van der Waals surface area contributed by atoms with Gasteiger partial charge in [0.15, 0.2) is 0 Å². The Labute approximate surface area is 94.8 Å². The third-order valence-corrected chi connectivity index (χ3v) is 2.05. The summed E-state index contributed by atoms with van der Waals surface area (Å²) in [5.41, 5.74) is -2.17. The highest BCUT2D eigenvalue weighted by Gasteiger charge is 2.36. The van der Waals surface area contributed by atoms with Crippen LogP contribution in [-0.4, -0.2) is 30.2 Å². The lowest BCUT2D eigenvalue weighted by molar-refractivity contribution is -0.138. The first-order valence-corrected chi connectivity index (χ1v) is 4.43. The lowest BCUT2D eigenvalue weighted by Gasteiger charge is -2.12.